The molecule has 0 aromatic rings. The van der Waals surface area contributed by atoms with E-state index in [2.05, 4.69) is 0 Å². The lowest BCUT2D eigenvalue weighted by atomic mass is 10.0. The first-order valence-electron chi connectivity index (χ1n) is 6.27. The molecule has 1 N–H and O–H groups in total. The van der Waals surface area contributed by atoms with Gasteiger partial charge in [-0.05, 0) is 18.8 Å². The molecule has 0 aromatic heterocycles. The van der Waals surface area contributed by atoms with E-state index in [1.54, 1.807) is 12.2 Å². The zero-order valence-electron chi connectivity index (χ0n) is 11.1. The second kappa shape index (κ2) is 10.5. The molecule has 100 valence electrons. The highest BCUT2D eigenvalue weighted by Gasteiger charge is 2.03. The summed E-state index contributed by atoms with van der Waals surface area (Å²) in [6.07, 6.45) is 12.9. The number of carboxylic acid groups (broad SMARTS) is 1. The van der Waals surface area contributed by atoms with E-state index in [1.807, 2.05) is 26.0 Å². The summed E-state index contributed by atoms with van der Waals surface area (Å²) in [4.78, 5) is 21.5. The topological polar surface area (TPSA) is 54.4 Å². The third-order valence-corrected chi connectivity index (χ3v) is 2.17. The van der Waals surface area contributed by atoms with E-state index in [1.165, 1.54) is 6.08 Å². The fourth-order valence-corrected chi connectivity index (χ4v) is 1.42. The Hall–Kier alpha value is -1.64. The average molecular weight is 250 g/mol. The van der Waals surface area contributed by atoms with E-state index in [4.69, 9.17) is 5.11 Å². The van der Waals surface area contributed by atoms with Gasteiger partial charge in [-0.15, -0.1) is 0 Å². The highest BCUT2D eigenvalue weighted by Crippen LogP contribution is 2.06. The lowest BCUT2D eigenvalue weighted by Crippen LogP contribution is -2.01. The summed E-state index contributed by atoms with van der Waals surface area (Å²) >= 11 is 0. The average Bonchev–Trinajstić information content (AvgIpc) is 2.25. The van der Waals surface area contributed by atoms with Gasteiger partial charge in [0.2, 0.25) is 0 Å². The molecule has 0 amide bonds. The van der Waals surface area contributed by atoms with Crippen molar-refractivity contribution in [2.45, 2.75) is 39.5 Å². The van der Waals surface area contributed by atoms with Crippen LogP contribution in [-0.4, -0.2) is 16.9 Å². The van der Waals surface area contributed by atoms with Crippen molar-refractivity contribution in [1.82, 2.24) is 0 Å². The maximum atomic E-state index is 11.4. The molecule has 0 saturated heterocycles. The maximum Gasteiger partial charge on any atom is 0.328 e. The van der Waals surface area contributed by atoms with Crippen molar-refractivity contribution in [3.8, 4) is 0 Å². The van der Waals surface area contributed by atoms with E-state index in [9.17, 15) is 9.59 Å². The molecule has 0 unspecified atom stereocenters. The van der Waals surface area contributed by atoms with Gasteiger partial charge < -0.3 is 5.11 Å². The Balaban J connectivity index is 3.60. The van der Waals surface area contributed by atoms with Gasteiger partial charge >= 0.3 is 5.97 Å². The van der Waals surface area contributed by atoms with Crippen LogP contribution in [0.3, 0.4) is 0 Å². The fraction of sp³-hybridized carbons (Fsp3) is 0.467. The number of carbonyl (C=O) groups excluding carboxylic acids is 1. The third kappa shape index (κ3) is 12.4. The van der Waals surface area contributed by atoms with E-state index < -0.39 is 5.97 Å². The molecule has 0 fully saturated rings. The lowest BCUT2D eigenvalue weighted by Gasteiger charge is -2.01. The Morgan fingerprint density at radius 1 is 1.11 bits per heavy atom. The fourth-order valence-electron chi connectivity index (χ4n) is 1.42. The zero-order valence-corrected chi connectivity index (χ0v) is 11.1. The second-order valence-corrected chi connectivity index (χ2v) is 4.54. The van der Waals surface area contributed by atoms with Gasteiger partial charge in [0.15, 0.2) is 0 Å². The number of hydrogen-bond donors (Lipinski definition) is 1. The Morgan fingerprint density at radius 3 is 2.39 bits per heavy atom. The van der Waals surface area contributed by atoms with Crippen molar-refractivity contribution >= 4 is 11.8 Å². The summed E-state index contributed by atoms with van der Waals surface area (Å²) in [6, 6.07) is 0. The molecule has 0 bridgehead atoms. The minimum absolute atomic E-state index is 0.332. The van der Waals surface area contributed by atoms with E-state index in [-0.39, 0.29) is 0 Å². The van der Waals surface area contributed by atoms with Gasteiger partial charge in [0.25, 0.3) is 0 Å². The molecule has 0 rings (SSSR count). The van der Waals surface area contributed by atoms with Gasteiger partial charge in [-0.3, -0.25) is 4.79 Å². The summed E-state index contributed by atoms with van der Waals surface area (Å²) < 4.78 is 0. The standard InChI is InChI=1S/C15H22O3/c1-13(2)12-14(16)10-8-6-4-3-5-7-9-11-15(17)18/h3-5,7,9,11,13H,6,8,10,12H2,1-2H3,(H,17,18)/b4-3+,7-5+,11-9+. The van der Waals surface area contributed by atoms with Crippen molar-refractivity contribution < 1.29 is 14.7 Å². The van der Waals surface area contributed by atoms with Crippen molar-refractivity contribution in [2.75, 3.05) is 0 Å². The van der Waals surface area contributed by atoms with Gasteiger partial charge in [0.05, 0.1) is 0 Å². The number of carboxylic acids is 1. The number of rotatable bonds is 9. The Morgan fingerprint density at radius 2 is 1.78 bits per heavy atom. The van der Waals surface area contributed by atoms with Gasteiger partial charge in [-0.1, -0.05) is 44.2 Å². The Kier molecular flexibility index (Phi) is 9.55. The summed E-state index contributed by atoms with van der Waals surface area (Å²) in [5, 5.41) is 8.33. The second-order valence-electron chi connectivity index (χ2n) is 4.54. The molecule has 0 heterocycles. The Bertz CT molecular complexity index is 336. The molecule has 0 aliphatic rings. The van der Waals surface area contributed by atoms with Crippen LogP contribution in [0.5, 0.6) is 0 Å². The summed E-state index contributed by atoms with van der Waals surface area (Å²) in [7, 11) is 0. The molecule has 0 atom stereocenters. The highest BCUT2D eigenvalue weighted by molar-refractivity contribution is 5.80. The van der Waals surface area contributed by atoms with Crippen LogP contribution >= 0.6 is 0 Å². The van der Waals surface area contributed by atoms with Crippen LogP contribution in [0, 0.1) is 5.92 Å². The van der Waals surface area contributed by atoms with Crippen LogP contribution in [0.4, 0.5) is 0 Å². The highest BCUT2D eigenvalue weighted by atomic mass is 16.4. The van der Waals surface area contributed by atoms with Crippen molar-refractivity contribution in [3.63, 3.8) is 0 Å². The number of unbranched alkanes of at least 4 members (excludes halogenated alkanes) is 1. The first-order valence-corrected chi connectivity index (χ1v) is 6.27. The van der Waals surface area contributed by atoms with Crippen LogP contribution in [0.15, 0.2) is 36.5 Å². The number of carbonyl (C=O) groups is 2. The monoisotopic (exact) mass is 250 g/mol. The summed E-state index contributed by atoms with van der Waals surface area (Å²) in [5.41, 5.74) is 0. The quantitative estimate of drug-likeness (QED) is 0.387. The summed E-state index contributed by atoms with van der Waals surface area (Å²) in [5.74, 6) is -0.178. The van der Waals surface area contributed by atoms with Gasteiger partial charge in [0, 0.05) is 18.9 Å². The number of aliphatic carboxylic acids is 1. The lowest BCUT2D eigenvalue weighted by molar-refractivity contribution is -0.131. The first kappa shape index (κ1) is 16.4. The molecule has 18 heavy (non-hydrogen) atoms. The maximum absolute atomic E-state index is 11.4. The number of allylic oxidation sites excluding steroid dienone is 5. The van der Waals surface area contributed by atoms with Crippen LogP contribution in [0.25, 0.3) is 0 Å². The molecule has 0 spiro atoms. The number of ketones is 1. The van der Waals surface area contributed by atoms with Gasteiger partial charge in [-0.25, -0.2) is 4.79 Å². The Labute approximate surface area is 109 Å². The van der Waals surface area contributed by atoms with Crippen LogP contribution in [-0.2, 0) is 9.59 Å². The first-order chi connectivity index (χ1) is 8.52. The molecule has 0 aliphatic carbocycles. The van der Waals surface area contributed by atoms with Crippen LogP contribution in [0.1, 0.15) is 39.5 Å². The van der Waals surface area contributed by atoms with Crippen LogP contribution < -0.4 is 0 Å². The molecule has 3 nitrogen and oxygen atoms in total. The minimum atomic E-state index is -0.952. The zero-order chi connectivity index (χ0) is 13.8. The molecule has 0 aliphatic heterocycles. The van der Waals surface area contributed by atoms with Crippen LogP contribution in [0.2, 0.25) is 0 Å². The number of Topliss-reactive ketones (excluding diaryl/α,β-unsaturated/α-hetero) is 1. The van der Waals surface area contributed by atoms with E-state index >= 15 is 0 Å². The normalized spacial score (nSPS) is 12.2. The van der Waals surface area contributed by atoms with Gasteiger partial charge in [0.1, 0.15) is 5.78 Å². The molecular formula is C15H22O3. The predicted molar refractivity (Wildman–Crippen MR) is 73.4 cm³/mol. The van der Waals surface area contributed by atoms with E-state index in [0.717, 1.165) is 18.9 Å². The minimum Gasteiger partial charge on any atom is -0.478 e. The molecular weight excluding hydrogens is 228 g/mol. The SMILES string of the molecule is CC(C)CC(=O)CCC/C=C/C=C/C=C/C(=O)O. The van der Waals surface area contributed by atoms with Crippen molar-refractivity contribution in [3.05, 3.63) is 36.5 Å². The third-order valence-electron chi connectivity index (χ3n) is 2.17. The molecule has 0 saturated carbocycles. The number of hydrogen-bond acceptors (Lipinski definition) is 2. The van der Waals surface area contributed by atoms with E-state index in [0.29, 0.717) is 24.5 Å². The van der Waals surface area contributed by atoms with Gasteiger partial charge in [-0.2, -0.15) is 0 Å². The summed E-state index contributed by atoms with van der Waals surface area (Å²) in [6.45, 7) is 4.10. The molecule has 0 radical (unpaired) electrons. The smallest absolute Gasteiger partial charge is 0.328 e. The molecule has 3 heteroatoms. The van der Waals surface area contributed by atoms with Crippen molar-refractivity contribution in [2.24, 2.45) is 5.92 Å². The predicted octanol–water partition coefficient (Wildman–Crippen LogP) is 3.53. The largest absolute Gasteiger partial charge is 0.478 e. The van der Waals surface area contributed by atoms with Crippen molar-refractivity contribution in [1.29, 1.82) is 0 Å². The molecule has 0 aromatic carbocycles.